The van der Waals surface area contributed by atoms with Gasteiger partial charge in [-0.2, -0.15) is 4.98 Å². The third kappa shape index (κ3) is 3.29. The Labute approximate surface area is 165 Å². The van der Waals surface area contributed by atoms with Crippen LogP contribution in [0.5, 0.6) is 0 Å². The van der Waals surface area contributed by atoms with E-state index in [0.29, 0.717) is 33.4 Å². The number of carbonyl (C=O) groups excluding carboxylic acids is 1. The largest absolute Gasteiger partial charge is 0.360 e. The van der Waals surface area contributed by atoms with Crippen LogP contribution in [-0.2, 0) is 13.6 Å². The summed E-state index contributed by atoms with van der Waals surface area (Å²) in [6.45, 7) is 1.74. The molecular formula is C19H16ClN5O3. The summed E-state index contributed by atoms with van der Waals surface area (Å²) in [5.74, 6) is 0.766. The smallest absolute Gasteiger partial charge is 0.257 e. The van der Waals surface area contributed by atoms with E-state index in [-0.39, 0.29) is 18.3 Å². The summed E-state index contributed by atoms with van der Waals surface area (Å²) in [4.78, 5) is 17.1. The van der Waals surface area contributed by atoms with Gasteiger partial charge >= 0.3 is 0 Å². The predicted octanol–water partition coefficient (Wildman–Crippen LogP) is 3.62. The number of hydrogen-bond donors (Lipinski definition) is 1. The second-order valence-corrected chi connectivity index (χ2v) is 6.55. The number of nitrogens with one attached hydrogen (secondary N) is 1. The molecular weight excluding hydrogens is 382 g/mol. The Hall–Kier alpha value is -3.39. The van der Waals surface area contributed by atoms with Crippen molar-refractivity contribution in [3.05, 3.63) is 64.8 Å². The standard InChI is InChI=1S/C19H16ClN5O3/c1-11-16(17(23-27-11)12-6-3-4-7-13(12)20)19(26)21-10-15-22-18(24-28-15)14-8-5-9-25(14)2/h3-9H,10H2,1-2H3,(H,21,26). The average molecular weight is 398 g/mol. The second kappa shape index (κ2) is 7.32. The Morgan fingerprint density at radius 2 is 2.00 bits per heavy atom. The lowest BCUT2D eigenvalue weighted by Crippen LogP contribution is -2.23. The third-order valence-corrected chi connectivity index (χ3v) is 4.59. The molecule has 28 heavy (non-hydrogen) atoms. The van der Waals surface area contributed by atoms with Gasteiger partial charge in [0.2, 0.25) is 11.7 Å². The minimum absolute atomic E-state index is 0.0723. The highest BCUT2D eigenvalue weighted by Gasteiger charge is 2.23. The van der Waals surface area contributed by atoms with E-state index in [1.54, 1.807) is 25.1 Å². The first kappa shape index (κ1) is 18.0. The van der Waals surface area contributed by atoms with Crippen molar-refractivity contribution in [3.8, 4) is 22.8 Å². The molecule has 0 aliphatic carbocycles. The molecule has 4 aromatic rings. The van der Waals surface area contributed by atoms with E-state index in [4.69, 9.17) is 20.6 Å². The fourth-order valence-electron chi connectivity index (χ4n) is 2.85. The highest BCUT2D eigenvalue weighted by Crippen LogP contribution is 2.30. The fourth-order valence-corrected chi connectivity index (χ4v) is 3.07. The van der Waals surface area contributed by atoms with Crippen molar-refractivity contribution in [3.63, 3.8) is 0 Å². The number of amides is 1. The summed E-state index contributed by atoms with van der Waals surface area (Å²) in [6, 6.07) is 10.9. The number of halogens is 1. The van der Waals surface area contributed by atoms with Crippen LogP contribution < -0.4 is 5.32 Å². The molecule has 0 bridgehead atoms. The van der Waals surface area contributed by atoms with E-state index in [1.165, 1.54) is 0 Å². The summed E-state index contributed by atoms with van der Waals surface area (Å²) in [6.07, 6.45) is 1.89. The lowest BCUT2D eigenvalue weighted by molar-refractivity contribution is 0.0945. The zero-order valence-electron chi connectivity index (χ0n) is 15.1. The van der Waals surface area contributed by atoms with Gasteiger partial charge in [0.25, 0.3) is 5.91 Å². The van der Waals surface area contributed by atoms with Crippen LogP contribution in [0.2, 0.25) is 5.02 Å². The molecule has 0 atom stereocenters. The van der Waals surface area contributed by atoms with E-state index in [0.717, 1.165) is 5.69 Å². The van der Waals surface area contributed by atoms with Gasteiger partial charge in [0.1, 0.15) is 17.0 Å². The molecule has 0 radical (unpaired) electrons. The second-order valence-electron chi connectivity index (χ2n) is 6.14. The summed E-state index contributed by atoms with van der Waals surface area (Å²) in [5, 5.41) is 11.2. The van der Waals surface area contributed by atoms with Gasteiger partial charge in [0, 0.05) is 18.8 Å². The van der Waals surface area contributed by atoms with E-state index in [2.05, 4.69) is 20.6 Å². The summed E-state index contributed by atoms with van der Waals surface area (Å²) < 4.78 is 12.3. The Bertz CT molecular complexity index is 1140. The number of hydrogen-bond acceptors (Lipinski definition) is 6. The zero-order chi connectivity index (χ0) is 19.7. The maximum absolute atomic E-state index is 12.7. The minimum Gasteiger partial charge on any atom is -0.360 e. The van der Waals surface area contributed by atoms with Crippen LogP contribution in [0.4, 0.5) is 0 Å². The van der Waals surface area contributed by atoms with Crippen LogP contribution in [-0.4, -0.2) is 25.8 Å². The van der Waals surface area contributed by atoms with Crippen molar-refractivity contribution in [1.29, 1.82) is 0 Å². The van der Waals surface area contributed by atoms with Crippen molar-refractivity contribution in [2.75, 3.05) is 0 Å². The Morgan fingerprint density at radius 3 is 2.75 bits per heavy atom. The molecule has 0 aliphatic heterocycles. The topological polar surface area (TPSA) is 99.0 Å². The van der Waals surface area contributed by atoms with Crippen LogP contribution in [0.3, 0.4) is 0 Å². The predicted molar refractivity (Wildman–Crippen MR) is 102 cm³/mol. The molecule has 0 saturated carbocycles. The number of benzene rings is 1. The van der Waals surface area contributed by atoms with Crippen molar-refractivity contribution in [2.45, 2.75) is 13.5 Å². The van der Waals surface area contributed by atoms with Crippen LogP contribution in [0, 0.1) is 6.92 Å². The number of rotatable bonds is 5. The van der Waals surface area contributed by atoms with E-state index in [9.17, 15) is 4.79 Å². The number of nitrogens with zero attached hydrogens (tertiary/aromatic N) is 4. The molecule has 1 amide bonds. The summed E-state index contributed by atoms with van der Waals surface area (Å²) in [7, 11) is 1.89. The first-order valence-electron chi connectivity index (χ1n) is 8.48. The van der Waals surface area contributed by atoms with E-state index < -0.39 is 0 Å². The number of carbonyl (C=O) groups is 1. The monoisotopic (exact) mass is 397 g/mol. The van der Waals surface area contributed by atoms with Crippen molar-refractivity contribution in [2.24, 2.45) is 7.05 Å². The van der Waals surface area contributed by atoms with Crippen molar-refractivity contribution < 1.29 is 13.8 Å². The zero-order valence-corrected chi connectivity index (χ0v) is 15.9. The molecule has 3 heterocycles. The number of aromatic nitrogens is 4. The van der Waals surface area contributed by atoms with Crippen LogP contribution >= 0.6 is 11.6 Å². The van der Waals surface area contributed by atoms with Gasteiger partial charge in [-0.15, -0.1) is 0 Å². The maximum atomic E-state index is 12.7. The fraction of sp³-hybridized carbons (Fsp3) is 0.158. The van der Waals surface area contributed by atoms with Crippen LogP contribution in [0.1, 0.15) is 22.0 Å². The first-order valence-corrected chi connectivity index (χ1v) is 8.86. The van der Waals surface area contributed by atoms with E-state index >= 15 is 0 Å². The molecule has 0 aliphatic rings. The highest BCUT2D eigenvalue weighted by molar-refractivity contribution is 6.33. The Kier molecular flexibility index (Phi) is 4.70. The molecule has 0 saturated heterocycles. The Morgan fingerprint density at radius 1 is 1.18 bits per heavy atom. The van der Waals surface area contributed by atoms with Gasteiger partial charge in [0.05, 0.1) is 17.3 Å². The lowest BCUT2D eigenvalue weighted by Gasteiger charge is -2.05. The molecule has 142 valence electrons. The molecule has 0 unspecified atom stereocenters. The third-order valence-electron chi connectivity index (χ3n) is 4.26. The van der Waals surface area contributed by atoms with Crippen molar-refractivity contribution >= 4 is 17.5 Å². The molecule has 0 spiro atoms. The maximum Gasteiger partial charge on any atom is 0.257 e. The molecule has 0 fully saturated rings. The molecule has 3 aromatic heterocycles. The quantitative estimate of drug-likeness (QED) is 0.552. The van der Waals surface area contributed by atoms with Gasteiger partial charge in [0.15, 0.2) is 0 Å². The SMILES string of the molecule is Cc1onc(-c2ccccc2Cl)c1C(=O)NCc1nc(-c2cccn2C)no1. The normalized spacial score (nSPS) is 11.0. The van der Waals surface area contributed by atoms with Gasteiger partial charge in [-0.1, -0.05) is 40.1 Å². The van der Waals surface area contributed by atoms with Crippen LogP contribution in [0.25, 0.3) is 22.8 Å². The Balaban J connectivity index is 1.53. The minimum atomic E-state index is -0.368. The van der Waals surface area contributed by atoms with Crippen molar-refractivity contribution in [1.82, 2.24) is 25.2 Å². The lowest BCUT2D eigenvalue weighted by atomic mass is 10.1. The molecule has 4 rings (SSSR count). The number of aryl methyl sites for hydroxylation is 2. The van der Waals surface area contributed by atoms with Gasteiger partial charge in [-0.05, 0) is 25.1 Å². The van der Waals surface area contributed by atoms with Gasteiger partial charge in [-0.25, -0.2) is 0 Å². The van der Waals surface area contributed by atoms with Crippen LogP contribution in [0.15, 0.2) is 51.6 Å². The van der Waals surface area contributed by atoms with Gasteiger partial charge < -0.3 is 18.9 Å². The molecule has 9 heteroatoms. The van der Waals surface area contributed by atoms with Gasteiger partial charge in [-0.3, -0.25) is 4.79 Å². The summed E-state index contributed by atoms with van der Waals surface area (Å²) >= 11 is 6.23. The van der Waals surface area contributed by atoms with E-state index in [1.807, 2.05) is 36.0 Å². The molecule has 8 nitrogen and oxygen atoms in total. The molecule has 1 N–H and O–H groups in total. The highest BCUT2D eigenvalue weighted by atomic mass is 35.5. The average Bonchev–Trinajstić information content (AvgIpc) is 3.40. The first-order chi connectivity index (χ1) is 13.5. The summed E-state index contributed by atoms with van der Waals surface area (Å²) in [5.41, 5.74) is 2.14. The molecule has 1 aromatic carbocycles.